The van der Waals surface area contributed by atoms with Crippen molar-refractivity contribution in [1.82, 2.24) is 0 Å². The van der Waals surface area contributed by atoms with Crippen molar-refractivity contribution in [2.24, 2.45) is 0 Å². The van der Waals surface area contributed by atoms with Gasteiger partial charge in [-0.15, -0.1) is 0 Å². The second-order valence-corrected chi connectivity index (χ2v) is 4.70. The van der Waals surface area contributed by atoms with Gasteiger partial charge in [-0.2, -0.15) is 0 Å². The predicted molar refractivity (Wildman–Crippen MR) is 72.9 cm³/mol. The molecule has 0 spiro atoms. The first-order valence-corrected chi connectivity index (χ1v) is 6.25. The van der Waals surface area contributed by atoms with Crippen LogP contribution in [0.2, 0.25) is 0 Å². The van der Waals surface area contributed by atoms with Gasteiger partial charge in [-0.25, -0.2) is 0 Å². The van der Waals surface area contributed by atoms with E-state index in [2.05, 4.69) is 17.4 Å². The molecule has 2 aromatic carbocycles. The van der Waals surface area contributed by atoms with E-state index in [1.807, 2.05) is 42.5 Å². The Labute approximate surface area is 107 Å². The predicted octanol–water partition coefficient (Wildman–Crippen LogP) is 3.30. The molecule has 1 heterocycles. The molecule has 1 aliphatic heterocycles. The third kappa shape index (κ3) is 2.14. The molecule has 0 aromatic heterocycles. The lowest BCUT2D eigenvalue weighted by atomic mass is 9.93. The van der Waals surface area contributed by atoms with Gasteiger partial charge in [-0.05, 0) is 24.1 Å². The van der Waals surface area contributed by atoms with E-state index in [4.69, 9.17) is 0 Å². The van der Waals surface area contributed by atoms with Crippen LogP contribution in [0.25, 0.3) is 0 Å². The van der Waals surface area contributed by atoms with Gasteiger partial charge in [0.05, 0.1) is 0 Å². The molecule has 0 fully saturated rings. The second kappa shape index (κ2) is 4.65. The average Bonchev–Trinajstić information content (AvgIpc) is 2.40. The molecule has 18 heavy (non-hydrogen) atoms. The minimum absolute atomic E-state index is 0.204. The molecule has 0 saturated carbocycles. The zero-order valence-corrected chi connectivity index (χ0v) is 10.1. The molecule has 1 atom stereocenters. The Balaban J connectivity index is 1.80. The quantitative estimate of drug-likeness (QED) is 0.868. The van der Waals surface area contributed by atoms with Crippen molar-refractivity contribution in [2.75, 3.05) is 5.32 Å². The van der Waals surface area contributed by atoms with Crippen molar-refractivity contribution in [1.29, 1.82) is 0 Å². The van der Waals surface area contributed by atoms with E-state index >= 15 is 0 Å². The van der Waals surface area contributed by atoms with Crippen LogP contribution in [0.4, 0.5) is 5.69 Å². The maximum atomic E-state index is 12.0. The molecule has 0 aliphatic carbocycles. The first-order chi connectivity index (χ1) is 8.83. The summed E-state index contributed by atoms with van der Waals surface area (Å²) in [5, 5.41) is 3.46. The summed E-state index contributed by atoms with van der Waals surface area (Å²) in [5.74, 6) is 0.241. The third-order valence-electron chi connectivity index (χ3n) is 3.34. The number of carbonyl (C=O) groups is 1. The minimum atomic E-state index is 0.204. The van der Waals surface area contributed by atoms with Crippen LogP contribution in [0.1, 0.15) is 22.3 Å². The third-order valence-corrected chi connectivity index (χ3v) is 3.34. The van der Waals surface area contributed by atoms with Crippen molar-refractivity contribution >= 4 is 11.5 Å². The van der Waals surface area contributed by atoms with Gasteiger partial charge < -0.3 is 5.32 Å². The van der Waals surface area contributed by atoms with Crippen LogP contribution in [-0.2, 0) is 6.42 Å². The molecule has 2 aromatic rings. The van der Waals surface area contributed by atoms with Gasteiger partial charge in [0.2, 0.25) is 0 Å². The fourth-order valence-electron chi connectivity index (χ4n) is 2.48. The Morgan fingerprint density at radius 3 is 2.56 bits per heavy atom. The average molecular weight is 237 g/mol. The van der Waals surface area contributed by atoms with Crippen molar-refractivity contribution in [2.45, 2.75) is 18.9 Å². The summed E-state index contributed by atoms with van der Waals surface area (Å²) in [6.45, 7) is 0. The molecule has 0 amide bonds. The first kappa shape index (κ1) is 11.0. The number of hydrogen-bond donors (Lipinski definition) is 1. The topological polar surface area (TPSA) is 29.1 Å². The van der Waals surface area contributed by atoms with E-state index in [9.17, 15) is 4.79 Å². The van der Waals surface area contributed by atoms with E-state index in [1.165, 1.54) is 5.56 Å². The second-order valence-electron chi connectivity index (χ2n) is 4.70. The highest BCUT2D eigenvalue weighted by molar-refractivity contribution is 6.03. The molecule has 1 N–H and O–H groups in total. The lowest BCUT2D eigenvalue weighted by molar-refractivity contribution is 0.0972. The number of rotatable bonds is 2. The van der Waals surface area contributed by atoms with E-state index in [0.29, 0.717) is 6.42 Å². The van der Waals surface area contributed by atoms with Gasteiger partial charge in [0.25, 0.3) is 0 Å². The smallest absolute Gasteiger partial charge is 0.167 e. The zero-order chi connectivity index (χ0) is 12.4. The highest BCUT2D eigenvalue weighted by atomic mass is 16.1. The fraction of sp³-hybridized carbons (Fsp3) is 0.188. The van der Waals surface area contributed by atoms with Gasteiger partial charge in [0, 0.05) is 23.7 Å². The highest BCUT2D eigenvalue weighted by Gasteiger charge is 2.23. The number of para-hydroxylation sites is 1. The summed E-state index contributed by atoms with van der Waals surface area (Å²) in [5.41, 5.74) is 3.05. The van der Waals surface area contributed by atoms with Crippen molar-refractivity contribution in [3.63, 3.8) is 0 Å². The summed E-state index contributed by atoms with van der Waals surface area (Å²) >= 11 is 0. The molecule has 2 heteroatoms. The molecule has 0 saturated heterocycles. The van der Waals surface area contributed by atoms with Gasteiger partial charge >= 0.3 is 0 Å². The fourth-order valence-corrected chi connectivity index (χ4v) is 2.48. The summed E-state index contributed by atoms with van der Waals surface area (Å²) in [6, 6.07) is 18.2. The Kier molecular flexibility index (Phi) is 2.85. The molecule has 0 radical (unpaired) electrons. The lowest BCUT2D eigenvalue weighted by Gasteiger charge is -2.26. The van der Waals surface area contributed by atoms with E-state index < -0.39 is 0 Å². The summed E-state index contributed by atoms with van der Waals surface area (Å²) in [4.78, 5) is 12.0. The Bertz CT molecular complexity index is 562. The molecule has 90 valence electrons. The Hall–Kier alpha value is -2.09. The molecule has 0 bridgehead atoms. The minimum Gasteiger partial charge on any atom is -0.381 e. The summed E-state index contributed by atoms with van der Waals surface area (Å²) in [6.07, 6.45) is 1.47. The lowest BCUT2D eigenvalue weighted by Crippen LogP contribution is -2.31. The number of nitrogens with one attached hydrogen (secondary N) is 1. The number of anilines is 1. The van der Waals surface area contributed by atoms with E-state index in [1.54, 1.807) is 0 Å². The van der Waals surface area contributed by atoms with Crippen molar-refractivity contribution in [3.8, 4) is 0 Å². The van der Waals surface area contributed by atoms with E-state index in [-0.39, 0.29) is 11.8 Å². The number of carbonyl (C=O) groups excluding carboxylic acids is 1. The van der Waals surface area contributed by atoms with Crippen molar-refractivity contribution < 1.29 is 4.79 Å². The van der Waals surface area contributed by atoms with Crippen LogP contribution in [0, 0.1) is 0 Å². The van der Waals surface area contributed by atoms with Crippen LogP contribution in [0.15, 0.2) is 54.6 Å². The summed E-state index contributed by atoms with van der Waals surface area (Å²) < 4.78 is 0. The first-order valence-electron chi connectivity index (χ1n) is 6.25. The number of Topliss-reactive ketones (excluding diaryl/α,β-unsaturated/α-hetero) is 1. The number of hydrogen-bond acceptors (Lipinski definition) is 2. The van der Waals surface area contributed by atoms with Crippen LogP contribution < -0.4 is 5.32 Å². The number of ketones is 1. The summed E-state index contributed by atoms with van der Waals surface area (Å²) in [7, 11) is 0. The van der Waals surface area contributed by atoms with Gasteiger partial charge in [0.1, 0.15) is 0 Å². The largest absolute Gasteiger partial charge is 0.381 e. The molecule has 2 nitrogen and oxygen atoms in total. The van der Waals surface area contributed by atoms with Gasteiger partial charge in [-0.3, -0.25) is 4.79 Å². The zero-order valence-electron chi connectivity index (χ0n) is 10.1. The highest BCUT2D eigenvalue weighted by Crippen LogP contribution is 2.25. The van der Waals surface area contributed by atoms with Gasteiger partial charge in [-0.1, -0.05) is 42.5 Å². The van der Waals surface area contributed by atoms with Crippen molar-refractivity contribution in [3.05, 3.63) is 65.7 Å². The molecule has 1 aliphatic rings. The van der Waals surface area contributed by atoms with Crippen LogP contribution in [-0.4, -0.2) is 11.8 Å². The standard InChI is InChI=1S/C16H15NO/c18-16-11-13(10-12-6-2-1-3-7-12)17-15-9-5-4-8-14(15)16/h1-9,13,17H,10-11H2/t13-/m1/s1. The molecule has 3 rings (SSSR count). The Morgan fingerprint density at radius 2 is 1.72 bits per heavy atom. The Morgan fingerprint density at radius 1 is 1.00 bits per heavy atom. The van der Waals surface area contributed by atoms with Crippen LogP contribution in [0.3, 0.4) is 0 Å². The van der Waals surface area contributed by atoms with Crippen LogP contribution >= 0.6 is 0 Å². The normalized spacial score (nSPS) is 18.0. The molecular weight excluding hydrogens is 222 g/mol. The number of fused-ring (bicyclic) bond motifs is 1. The monoisotopic (exact) mass is 237 g/mol. The molecular formula is C16H15NO. The SMILES string of the molecule is O=C1C[C@@H](Cc2ccccc2)Nc2ccccc21. The van der Waals surface area contributed by atoms with Crippen LogP contribution in [0.5, 0.6) is 0 Å². The molecule has 0 unspecified atom stereocenters. The number of benzene rings is 2. The maximum absolute atomic E-state index is 12.0. The van der Waals surface area contributed by atoms with E-state index in [0.717, 1.165) is 17.7 Å². The van der Waals surface area contributed by atoms with Gasteiger partial charge in [0.15, 0.2) is 5.78 Å². The maximum Gasteiger partial charge on any atom is 0.167 e.